The number of carbonyl (C=O) groups excluding carboxylic acids is 1. The van der Waals surface area contributed by atoms with E-state index in [9.17, 15) is 13.2 Å². The Morgan fingerprint density at radius 1 is 1.17 bits per heavy atom. The summed E-state index contributed by atoms with van der Waals surface area (Å²) in [6, 6.07) is 14.2. The molecule has 0 heterocycles. The molecule has 2 aromatic rings. The van der Waals surface area contributed by atoms with E-state index in [1.807, 2.05) is 24.3 Å². The summed E-state index contributed by atoms with van der Waals surface area (Å²) in [6.45, 7) is 1.53. The van der Waals surface area contributed by atoms with Crippen molar-refractivity contribution in [1.29, 1.82) is 0 Å². The Hall–Kier alpha value is -1.70. The van der Waals surface area contributed by atoms with Crippen molar-refractivity contribution in [3.63, 3.8) is 0 Å². The third-order valence-electron chi connectivity index (χ3n) is 3.01. The van der Waals surface area contributed by atoms with Crippen LogP contribution in [0.1, 0.15) is 12.5 Å². The standard InChI is InChI=1S/C16H16BrNO4S/c1-12(18-23(20,21)15-8-3-2-4-9-15)16(19)22-11-13-6-5-7-14(17)10-13/h2-10,12,18H,11H2,1H3. The third kappa shape index (κ3) is 5.16. The number of benzene rings is 2. The fourth-order valence-electron chi connectivity index (χ4n) is 1.85. The molecule has 0 amide bonds. The maximum absolute atomic E-state index is 12.1. The van der Waals surface area contributed by atoms with Crippen molar-refractivity contribution < 1.29 is 17.9 Å². The van der Waals surface area contributed by atoms with Crippen molar-refractivity contribution in [3.05, 3.63) is 64.6 Å². The highest BCUT2D eigenvalue weighted by Crippen LogP contribution is 2.13. The first-order chi connectivity index (χ1) is 10.9. The van der Waals surface area contributed by atoms with Crippen LogP contribution in [0.25, 0.3) is 0 Å². The highest BCUT2D eigenvalue weighted by Gasteiger charge is 2.22. The van der Waals surface area contributed by atoms with Gasteiger partial charge in [-0.05, 0) is 36.8 Å². The Bertz CT molecular complexity index is 778. The fourth-order valence-corrected chi connectivity index (χ4v) is 3.51. The molecule has 7 heteroatoms. The molecule has 0 aliphatic rings. The second-order valence-corrected chi connectivity index (χ2v) is 7.52. The summed E-state index contributed by atoms with van der Waals surface area (Å²) in [5.41, 5.74) is 0.811. The lowest BCUT2D eigenvalue weighted by Gasteiger charge is -2.14. The van der Waals surface area contributed by atoms with E-state index in [0.29, 0.717) is 0 Å². The second kappa shape index (κ2) is 7.72. The molecule has 0 bridgehead atoms. The van der Waals surface area contributed by atoms with Crippen LogP contribution < -0.4 is 4.72 Å². The average molecular weight is 398 g/mol. The van der Waals surface area contributed by atoms with E-state index in [4.69, 9.17) is 4.74 Å². The summed E-state index contributed by atoms with van der Waals surface area (Å²) in [4.78, 5) is 12.1. The molecule has 1 N–H and O–H groups in total. The van der Waals surface area contributed by atoms with Crippen molar-refractivity contribution in [2.24, 2.45) is 0 Å². The molecule has 0 aromatic heterocycles. The topological polar surface area (TPSA) is 72.5 Å². The lowest BCUT2D eigenvalue weighted by atomic mass is 10.2. The van der Waals surface area contributed by atoms with E-state index in [1.165, 1.54) is 19.1 Å². The van der Waals surface area contributed by atoms with Gasteiger partial charge in [0.05, 0.1) is 4.90 Å². The zero-order valence-electron chi connectivity index (χ0n) is 12.4. The van der Waals surface area contributed by atoms with Crippen molar-refractivity contribution >= 4 is 31.9 Å². The van der Waals surface area contributed by atoms with Gasteiger partial charge >= 0.3 is 5.97 Å². The number of carbonyl (C=O) groups is 1. The highest BCUT2D eigenvalue weighted by molar-refractivity contribution is 9.10. The number of halogens is 1. The van der Waals surface area contributed by atoms with Crippen molar-refractivity contribution in [3.8, 4) is 0 Å². The SMILES string of the molecule is CC(NS(=O)(=O)c1ccccc1)C(=O)OCc1cccc(Br)c1. The summed E-state index contributed by atoms with van der Waals surface area (Å²) in [5.74, 6) is -0.635. The average Bonchev–Trinajstić information content (AvgIpc) is 2.53. The normalized spacial score (nSPS) is 12.6. The Labute approximate surface area is 143 Å². The zero-order chi connectivity index (χ0) is 16.9. The first kappa shape index (κ1) is 17.7. The van der Waals surface area contributed by atoms with E-state index in [0.717, 1.165) is 10.0 Å². The van der Waals surface area contributed by atoms with Gasteiger partial charge in [0, 0.05) is 4.47 Å². The number of esters is 1. The minimum atomic E-state index is -3.75. The van der Waals surface area contributed by atoms with Gasteiger partial charge in [-0.2, -0.15) is 4.72 Å². The van der Waals surface area contributed by atoms with Gasteiger partial charge in [-0.3, -0.25) is 4.79 Å². The first-order valence-corrected chi connectivity index (χ1v) is 9.14. The Morgan fingerprint density at radius 2 is 1.87 bits per heavy atom. The van der Waals surface area contributed by atoms with Gasteiger partial charge in [0.2, 0.25) is 10.0 Å². The van der Waals surface area contributed by atoms with Crippen LogP contribution in [0.5, 0.6) is 0 Å². The van der Waals surface area contributed by atoms with E-state index in [1.54, 1.807) is 18.2 Å². The molecule has 122 valence electrons. The largest absolute Gasteiger partial charge is 0.460 e. The lowest BCUT2D eigenvalue weighted by molar-refractivity contribution is -0.146. The molecule has 1 atom stereocenters. The molecule has 1 unspecified atom stereocenters. The van der Waals surface area contributed by atoms with Gasteiger partial charge in [-0.15, -0.1) is 0 Å². The van der Waals surface area contributed by atoms with Crippen LogP contribution in [0.4, 0.5) is 0 Å². The number of sulfonamides is 1. The molecule has 0 spiro atoms. The summed E-state index contributed by atoms with van der Waals surface area (Å²) < 4.78 is 32.6. The predicted octanol–water partition coefficient (Wildman–Crippen LogP) is 2.86. The molecule has 0 fully saturated rings. The van der Waals surface area contributed by atoms with Crippen LogP contribution in [-0.2, 0) is 26.2 Å². The van der Waals surface area contributed by atoms with Crippen molar-refractivity contribution in [1.82, 2.24) is 4.72 Å². The number of hydrogen-bond donors (Lipinski definition) is 1. The van der Waals surface area contributed by atoms with E-state index in [2.05, 4.69) is 20.7 Å². The Balaban J connectivity index is 1.95. The van der Waals surface area contributed by atoms with Crippen LogP contribution >= 0.6 is 15.9 Å². The van der Waals surface area contributed by atoms with Crippen LogP contribution in [0.3, 0.4) is 0 Å². The molecule has 23 heavy (non-hydrogen) atoms. The maximum atomic E-state index is 12.1. The van der Waals surface area contributed by atoms with Crippen molar-refractivity contribution in [2.75, 3.05) is 0 Å². The lowest BCUT2D eigenvalue weighted by Crippen LogP contribution is -2.39. The minimum Gasteiger partial charge on any atom is -0.460 e. The van der Waals surface area contributed by atoms with Gasteiger partial charge in [0.15, 0.2) is 0 Å². The number of nitrogens with one attached hydrogen (secondary N) is 1. The van der Waals surface area contributed by atoms with E-state index >= 15 is 0 Å². The molecule has 0 aliphatic heterocycles. The quantitative estimate of drug-likeness (QED) is 0.760. The predicted molar refractivity (Wildman–Crippen MR) is 90.2 cm³/mol. The van der Waals surface area contributed by atoms with Crippen LogP contribution in [0.15, 0.2) is 64.0 Å². The summed E-state index contributed by atoms with van der Waals surface area (Å²) in [5, 5.41) is 0. The first-order valence-electron chi connectivity index (χ1n) is 6.87. The molecule has 2 aromatic carbocycles. The molecule has 0 saturated heterocycles. The maximum Gasteiger partial charge on any atom is 0.324 e. The van der Waals surface area contributed by atoms with Gasteiger partial charge in [-0.25, -0.2) is 8.42 Å². The molecular weight excluding hydrogens is 382 g/mol. The third-order valence-corrected chi connectivity index (χ3v) is 5.06. The minimum absolute atomic E-state index is 0.0790. The molecule has 2 rings (SSSR count). The van der Waals surface area contributed by atoms with Gasteiger partial charge in [0.25, 0.3) is 0 Å². The van der Waals surface area contributed by atoms with Gasteiger partial charge in [0.1, 0.15) is 12.6 Å². The smallest absolute Gasteiger partial charge is 0.324 e. The number of hydrogen-bond acceptors (Lipinski definition) is 4. The monoisotopic (exact) mass is 397 g/mol. The van der Waals surface area contributed by atoms with E-state index < -0.39 is 22.0 Å². The summed E-state index contributed by atoms with van der Waals surface area (Å²) >= 11 is 3.33. The number of rotatable bonds is 6. The Morgan fingerprint density at radius 3 is 2.52 bits per heavy atom. The van der Waals surface area contributed by atoms with Crippen LogP contribution in [0.2, 0.25) is 0 Å². The molecule has 5 nitrogen and oxygen atoms in total. The molecular formula is C16H16BrNO4S. The fraction of sp³-hybridized carbons (Fsp3) is 0.188. The Kier molecular flexibility index (Phi) is 5.92. The summed E-state index contributed by atoms with van der Waals surface area (Å²) in [7, 11) is -3.75. The van der Waals surface area contributed by atoms with E-state index in [-0.39, 0.29) is 11.5 Å². The zero-order valence-corrected chi connectivity index (χ0v) is 14.8. The molecule has 0 saturated carbocycles. The highest BCUT2D eigenvalue weighted by atomic mass is 79.9. The number of ether oxygens (including phenoxy) is 1. The van der Waals surface area contributed by atoms with Crippen LogP contribution in [0, 0.1) is 0 Å². The summed E-state index contributed by atoms with van der Waals surface area (Å²) in [6.07, 6.45) is 0. The van der Waals surface area contributed by atoms with Gasteiger partial charge in [-0.1, -0.05) is 46.3 Å². The van der Waals surface area contributed by atoms with Gasteiger partial charge < -0.3 is 4.74 Å². The second-order valence-electron chi connectivity index (χ2n) is 4.89. The molecule has 0 aliphatic carbocycles. The van der Waals surface area contributed by atoms with Crippen LogP contribution in [-0.4, -0.2) is 20.4 Å². The van der Waals surface area contributed by atoms with Crippen molar-refractivity contribution in [2.45, 2.75) is 24.5 Å². The molecule has 0 radical (unpaired) electrons.